The number of cyclic esters (lactones) is 1. The molecule has 188 valence electrons. The number of aromatic nitrogens is 2. The van der Waals surface area contributed by atoms with Crippen molar-refractivity contribution in [1.29, 1.82) is 0 Å². The monoisotopic (exact) mass is 511 g/mol. The maximum absolute atomic E-state index is 13.8. The van der Waals surface area contributed by atoms with Gasteiger partial charge in [-0.25, -0.2) is 9.48 Å². The zero-order valence-corrected chi connectivity index (χ0v) is 21.1. The zero-order valence-electron chi connectivity index (χ0n) is 23.2. The van der Waals surface area contributed by atoms with Crippen LogP contribution in [-0.4, -0.2) is 71.9 Å². The predicted molar refractivity (Wildman–Crippen MR) is 137 cm³/mol. The molecule has 2 amide bonds. The highest BCUT2D eigenvalue weighted by atomic mass is 32.1. The number of benzene rings is 1. The molecule has 0 spiro atoms. The van der Waals surface area contributed by atoms with E-state index in [1.54, 1.807) is 11.8 Å². The molecular weight excluding hydrogens is 480 g/mol. The van der Waals surface area contributed by atoms with Gasteiger partial charge in [0.25, 0.3) is 5.91 Å². The van der Waals surface area contributed by atoms with E-state index >= 15 is 0 Å². The average Bonchev–Trinajstić information content (AvgIpc) is 3.62. The standard InChI is InChI=1S/C26H28N4O5S/c1-16(2)11-17-12-19-22(13-21(17)33-4)35-14-20-23(27-30(24(19)20)18-5-10-36-15-18)25(31)28(3)6-7-29-8-9-34-26(29)32/h5,10-13,15H,6-9,14H2,1-4H3/i3D3. The van der Waals surface area contributed by atoms with Crippen molar-refractivity contribution in [2.45, 2.75) is 20.5 Å². The maximum atomic E-state index is 13.8. The molecule has 0 unspecified atom stereocenters. The summed E-state index contributed by atoms with van der Waals surface area (Å²) < 4.78 is 42.4. The van der Waals surface area contributed by atoms with Crippen molar-refractivity contribution in [2.75, 3.05) is 40.3 Å². The van der Waals surface area contributed by atoms with Crippen molar-refractivity contribution in [2.24, 2.45) is 0 Å². The molecule has 0 bridgehead atoms. The molecule has 10 heteroatoms. The van der Waals surface area contributed by atoms with Crippen LogP contribution in [0.4, 0.5) is 4.79 Å². The number of ether oxygens (including phenoxy) is 3. The van der Waals surface area contributed by atoms with Crippen LogP contribution in [0.1, 0.15) is 39.6 Å². The van der Waals surface area contributed by atoms with Crippen LogP contribution in [0.25, 0.3) is 23.0 Å². The highest BCUT2D eigenvalue weighted by Gasteiger charge is 2.32. The number of hydrogen-bond acceptors (Lipinski definition) is 7. The summed E-state index contributed by atoms with van der Waals surface area (Å²) in [4.78, 5) is 27.9. The van der Waals surface area contributed by atoms with Crippen molar-refractivity contribution in [1.82, 2.24) is 19.6 Å². The molecule has 0 N–H and O–H groups in total. The van der Waals surface area contributed by atoms with E-state index in [4.69, 9.17) is 18.3 Å². The first-order valence-corrected chi connectivity index (χ1v) is 12.4. The minimum absolute atomic E-state index is 0.0124. The van der Waals surface area contributed by atoms with Crippen LogP contribution in [0.3, 0.4) is 0 Å². The molecule has 0 atom stereocenters. The highest BCUT2D eigenvalue weighted by molar-refractivity contribution is 7.08. The number of thiophene rings is 1. The Morgan fingerprint density at radius 2 is 2.22 bits per heavy atom. The summed E-state index contributed by atoms with van der Waals surface area (Å²) in [7, 11) is 1.59. The summed E-state index contributed by atoms with van der Waals surface area (Å²) >= 11 is 1.48. The lowest BCUT2D eigenvalue weighted by molar-refractivity contribution is 0.0773. The Bertz CT molecular complexity index is 1440. The van der Waals surface area contributed by atoms with Gasteiger partial charge in [-0.2, -0.15) is 16.4 Å². The molecule has 9 nitrogen and oxygen atoms in total. The van der Waals surface area contributed by atoms with Crippen molar-refractivity contribution in [3.05, 3.63) is 51.4 Å². The van der Waals surface area contributed by atoms with E-state index in [-0.39, 0.29) is 32.0 Å². The third kappa shape index (κ3) is 4.32. The lowest BCUT2D eigenvalue weighted by atomic mass is 9.98. The number of nitrogens with zero attached hydrogens (tertiary/aromatic N) is 4. The lowest BCUT2D eigenvalue weighted by Crippen LogP contribution is -2.37. The van der Waals surface area contributed by atoms with Gasteiger partial charge in [0.05, 0.1) is 25.0 Å². The van der Waals surface area contributed by atoms with Gasteiger partial charge >= 0.3 is 6.09 Å². The van der Waals surface area contributed by atoms with E-state index in [0.29, 0.717) is 34.9 Å². The van der Waals surface area contributed by atoms with Crippen LogP contribution in [0.15, 0.2) is 34.5 Å². The fourth-order valence-corrected chi connectivity index (χ4v) is 4.93. The van der Waals surface area contributed by atoms with Crippen LogP contribution >= 0.6 is 11.3 Å². The fraction of sp³-hybridized carbons (Fsp3) is 0.346. The molecule has 2 aliphatic rings. The van der Waals surface area contributed by atoms with E-state index in [2.05, 4.69) is 5.10 Å². The van der Waals surface area contributed by atoms with Gasteiger partial charge in [-0.1, -0.05) is 11.6 Å². The average molecular weight is 512 g/mol. The van der Waals surface area contributed by atoms with E-state index in [9.17, 15) is 9.59 Å². The third-order valence-electron chi connectivity index (χ3n) is 6.02. The number of amides is 2. The number of methoxy groups -OCH3 is 1. The lowest BCUT2D eigenvalue weighted by Gasteiger charge is -2.22. The van der Waals surface area contributed by atoms with Crippen molar-refractivity contribution in [3.8, 4) is 28.4 Å². The van der Waals surface area contributed by atoms with Crippen LogP contribution in [0.2, 0.25) is 0 Å². The van der Waals surface area contributed by atoms with Gasteiger partial charge in [-0.3, -0.25) is 4.79 Å². The summed E-state index contributed by atoms with van der Waals surface area (Å²) in [6, 6.07) is 5.62. The summed E-state index contributed by atoms with van der Waals surface area (Å²) in [5, 5.41) is 8.45. The van der Waals surface area contributed by atoms with E-state index in [1.807, 2.05) is 48.9 Å². The smallest absolute Gasteiger partial charge is 0.409 e. The number of carbonyl (C=O) groups is 2. The molecule has 1 aromatic carbocycles. The Balaban J connectivity index is 1.62. The maximum Gasteiger partial charge on any atom is 0.409 e. The van der Waals surface area contributed by atoms with Crippen LogP contribution < -0.4 is 9.47 Å². The highest BCUT2D eigenvalue weighted by Crippen LogP contribution is 2.44. The van der Waals surface area contributed by atoms with Crippen molar-refractivity contribution >= 4 is 29.4 Å². The second kappa shape index (κ2) is 9.69. The second-order valence-corrected chi connectivity index (χ2v) is 9.51. The molecule has 4 heterocycles. The Hall–Kier alpha value is -3.79. The summed E-state index contributed by atoms with van der Waals surface area (Å²) in [5.41, 5.74) is 4.48. The first kappa shape index (κ1) is 20.4. The molecule has 0 aliphatic carbocycles. The van der Waals surface area contributed by atoms with Gasteiger partial charge in [-0.05, 0) is 31.4 Å². The SMILES string of the molecule is [2H]C([2H])([2H])N(CCN1CCOC1=O)C(=O)c1nn(-c2ccsc2)c2c1COc1cc(OC)c(C=C(C)C)cc1-2. The van der Waals surface area contributed by atoms with E-state index < -0.39 is 19.0 Å². The molecule has 1 fully saturated rings. The first-order chi connectivity index (χ1) is 18.6. The minimum atomic E-state index is -2.75. The van der Waals surface area contributed by atoms with E-state index in [0.717, 1.165) is 21.7 Å². The molecule has 0 radical (unpaired) electrons. The van der Waals surface area contributed by atoms with Gasteiger partial charge in [0.15, 0.2) is 5.69 Å². The Morgan fingerprint density at radius 3 is 2.89 bits per heavy atom. The quantitative estimate of drug-likeness (QED) is 0.466. The minimum Gasteiger partial charge on any atom is -0.496 e. The molecule has 5 rings (SSSR count). The summed E-state index contributed by atoms with van der Waals surface area (Å²) in [5.74, 6) is 0.448. The third-order valence-corrected chi connectivity index (χ3v) is 6.69. The molecule has 2 aromatic heterocycles. The molecule has 0 saturated carbocycles. The van der Waals surface area contributed by atoms with Gasteiger partial charge in [0, 0.05) is 52.3 Å². The molecule has 1 saturated heterocycles. The van der Waals surface area contributed by atoms with Crippen molar-refractivity contribution in [3.63, 3.8) is 0 Å². The number of hydrogen-bond donors (Lipinski definition) is 0. The van der Waals surface area contributed by atoms with Gasteiger partial charge in [0.1, 0.15) is 24.7 Å². The normalized spacial score (nSPS) is 15.6. The Labute approximate surface area is 217 Å². The van der Waals surface area contributed by atoms with Gasteiger partial charge < -0.3 is 24.0 Å². The predicted octanol–water partition coefficient (Wildman–Crippen LogP) is 4.45. The second-order valence-electron chi connectivity index (χ2n) is 8.73. The summed E-state index contributed by atoms with van der Waals surface area (Å²) in [6.45, 7) is 1.63. The number of rotatable bonds is 7. The zero-order chi connectivity index (χ0) is 27.9. The van der Waals surface area contributed by atoms with Crippen molar-refractivity contribution < 1.29 is 27.9 Å². The Morgan fingerprint density at radius 1 is 1.36 bits per heavy atom. The molecule has 2 aliphatic heterocycles. The molecular formula is C26H28N4O5S. The molecule has 3 aromatic rings. The first-order valence-electron chi connectivity index (χ1n) is 13.0. The summed E-state index contributed by atoms with van der Waals surface area (Å²) in [6.07, 6.45) is 1.46. The Kier molecular flexibility index (Phi) is 5.49. The van der Waals surface area contributed by atoms with Crippen LogP contribution in [0, 0.1) is 0 Å². The van der Waals surface area contributed by atoms with Crippen LogP contribution in [0.5, 0.6) is 11.5 Å². The topological polar surface area (TPSA) is 86.1 Å². The fourth-order valence-electron chi connectivity index (χ4n) is 4.31. The number of likely N-dealkylation sites (N-methyl/N-ethyl adjacent to an activating group) is 1. The number of carbonyl (C=O) groups excluding carboxylic acids is 2. The van der Waals surface area contributed by atoms with Gasteiger partial charge in [0.2, 0.25) is 0 Å². The van der Waals surface area contributed by atoms with Crippen LogP contribution in [-0.2, 0) is 11.3 Å². The largest absolute Gasteiger partial charge is 0.496 e. The van der Waals surface area contributed by atoms with Gasteiger partial charge in [-0.15, -0.1) is 0 Å². The number of fused-ring (bicyclic) bond motifs is 3. The van der Waals surface area contributed by atoms with E-state index in [1.165, 1.54) is 16.2 Å². The number of allylic oxidation sites excluding steroid dienone is 1. The molecule has 36 heavy (non-hydrogen) atoms.